The molecule has 126 valence electrons. The molecule has 1 fully saturated rings. The molecule has 1 heterocycles. The molecule has 0 bridgehead atoms. The van der Waals surface area contributed by atoms with Crippen molar-refractivity contribution in [1.82, 2.24) is 4.98 Å². The van der Waals surface area contributed by atoms with Crippen molar-refractivity contribution >= 4 is 34.7 Å². The Morgan fingerprint density at radius 1 is 1.12 bits per heavy atom. The zero-order valence-electron chi connectivity index (χ0n) is 13.7. The van der Waals surface area contributed by atoms with Gasteiger partial charge in [0.2, 0.25) is 0 Å². The summed E-state index contributed by atoms with van der Waals surface area (Å²) in [5, 5.41) is 5.33. The van der Waals surface area contributed by atoms with Gasteiger partial charge >= 0.3 is 0 Å². The van der Waals surface area contributed by atoms with E-state index in [2.05, 4.69) is 39.8 Å². The van der Waals surface area contributed by atoms with E-state index in [1.54, 1.807) is 12.3 Å². The zero-order valence-corrected chi connectivity index (χ0v) is 15.2. The van der Waals surface area contributed by atoms with Crippen LogP contribution < -0.4 is 5.43 Å². The first-order valence-electron chi connectivity index (χ1n) is 8.35. The van der Waals surface area contributed by atoms with Gasteiger partial charge in [0.15, 0.2) is 5.82 Å². The fourth-order valence-corrected chi connectivity index (χ4v) is 3.55. The minimum atomic E-state index is 0.451. The second-order valence-corrected chi connectivity index (χ2v) is 7.09. The molecule has 3 rings (SSSR count). The standard InChI is InChI=1S/C19H21Cl2N3/c1-13(23-24-19-18(21)11-17(20)12-22-19)14-7-9-16(10-8-14)15-5-3-2-4-6-15/h7-12,15H,2-6H2,1H3,(H,22,24)/b23-13-. The molecule has 0 aliphatic heterocycles. The van der Waals surface area contributed by atoms with Crippen LogP contribution in [0.4, 0.5) is 5.82 Å². The third-order valence-corrected chi connectivity index (χ3v) is 5.04. The monoisotopic (exact) mass is 361 g/mol. The second-order valence-electron chi connectivity index (χ2n) is 6.25. The number of rotatable bonds is 4. The van der Waals surface area contributed by atoms with Crippen molar-refractivity contribution in [2.75, 3.05) is 5.43 Å². The van der Waals surface area contributed by atoms with E-state index in [1.807, 2.05) is 6.92 Å². The number of hydrogen-bond acceptors (Lipinski definition) is 3. The Kier molecular flexibility index (Phi) is 5.75. The fourth-order valence-electron chi connectivity index (χ4n) is 3.13. The number of aromatic nitrogens is 1. The molecule has 24 heavy (non-hydrogen) atoms. The molecule has 0 unspecified atom stereocenters. The summed E-state index contributed by atoms with van der Waals surface area (Å²) in [4.78, 5) is 4.14. The highest BCUT2D eigenvalue weighted by Gasteiger charge is 2.15. The number of halogens is 2. The van der Waals surface area contributed by atoms with Gasteiger partial charge in [-0.2, -0.15) is 5.10 Å². The van der Waals surface area contributed by atoms with E-state index < -0.39 is 0 Å². The fraction of sp³-hybridized carbons (Fsp3) is 0.368. The largest absolute Gasteiger partial charge is 0.260 e. The Balaban J connectivity index is 1.68. The molecule has 0 amide bonds. The Bertz CT molecular complexity index is 720. The van der Waals surface area contributed by atoms with Crippen LogP contribution in [0.3, 0.4) is 0 Å². The smallest absolute Gasteiger partial charge is 0.165 e. The number of hydrogen-bond donors (Lipinski definition) is 1. The van der Waals surface area contributed by atoms with Crippen molar-refractivity contribution in [3.8, 4) is 0 Å². The zero-order chi connectivity index (χ0) is 16.9. The third kappa shape index (κ3) is 4.28. The molecule has 1 aliphatic carbocycles. The molecule has 2 aromatic rings. The van der Waals surface area contributed by atoms with Gasteiger partial charge in [0.25, 0.3) is 0 Å². The van der Waals surface area contributed by atoms with Gasteiger partial charge < -0.3 is 0 Å². The number of hydrazone groups is 1. The van der Waals surface area contributed by atoms with E-state index in [0.717, 1.165) is 17.2 Å². The average molecular weight is 362 g/mol. The van der Waals surface area contributed by atoms with E-state index in [1.165, 1.54) is 37.7 Å². The lowest BCUT2D eigenvalue weighted by atomic mass is 9.84. The lowest BCUT2D eigenvalue weighted by Crippen LogP contribution is -2.05. The van der Waals surface area contributed by atoms with Crippen molar-refractivity contribution in [2.24, 2.45) is 5.10 Å². The van der Waals surface area contributed by atoms with E-state index in [9.17, 15) is 0 Å². The number of anilines is 1. The number of nitrogens with one attached hydrogen (secondary N) is 1. The number of pyridine rings is 1. The van der Waals surface area contributed by atoms with Gasteiger partial charge in [0, 0.05) is 6.20 Å². The molecule has 1 aromatic heterocycles. The molecular formula is C19H21Cl2N3. The highest BCUT2D eigenvalue weighted by atomic mass is 35.5. The van der Waals surface area contributed by atoms with Gasteiger partial charge in [-0.25, -0.2) is 4.98 Å². The number of nitrogens with zero attached hydrogens (tertiary/aromatic N) is 2. The molecule has 1 saturated carbocycles. The normalized spacial score (nSPS) is 16.2. The van der Waals surface area contributed by atoms with Crippen LogP contribution in [-0.2, 0) is 0 Å². The van der Waals surface area contributed by atoms with Crippen LogP contribution in [0.25, 0.3) is 0 Å². The quantitative estimate of drug-likeness (QED) is 0.514. The summed E-state index contributed by atoms with van der Waals surface area (Å²) in [6.07, 6.45) is 8.26. The molecule has 0 radical (unpaired) electrons. The maximum atomic E-state index is 6.09. The molecule has 0 saturated heterocycles. The Labute approximate surface area is 153 Å². The van der Waals surface area contributed by atoms with Gasteiger partial charge in [0.05, 0.1) is 15.8 Å². The van der Waals surface area contributed by atoms with Crippen molar-refractivity contribution < 1.29 is 0 Å². The molecule has 1 aliphatic rings. The van der Waals surface area contributed by atoms with Crippen LogP contribution in [0, 0.1) is 0 Å². The van der Waals surface area contributed by atoms with Crippen LogP contribution in [0.5, 0.6) is 0 Å². The summed E-state index contributed by atoms with van der Waals surface area (Å²) in [6, 6.07) is 10.4. The summed E-state index contributed by atoms with van der Waals surface area (Å²) in [5.41, 5.74) is 6.33. The molecule has 1 N–H and O–H groups in total. The van der Waals surface area contributed by atoms with E-state index in [4.69, 9.17) is 23.2 Å². The predicted molar refractivity (Wildman–Crippen MR) is 102 cm³/mol. The summed E-state index contributed by atoms with van der Waals surface area (Å²) < 4.78 is 0. The second kappa shape index (κ2) is 8.00. The molecule has 0 atom stereocenters. The van der Waals surface area contributed by atoms with Crippen LogP contribution in [0.1, 0.15) is 56.1 Å². The van der Waals surface area contributed by atoms with Crippen LogP contribution in [0.15, 0.2) is 41.6 Å². The van der Waals surface area contributed by atoms with Crippen molar-refractivity contribution in [3.63, 3.8) is 0 Å². The summed E-state index contributed by atoms with van der Waals surface area (Å²) >= 11 is 11.9. The van der Waals surface area contributed by atoms with Crippen molar-refractivity contribution in [2.45, 2.75) is 44.9 Å². The Hall–Kier alpha value is -1.58. The summed E-state index contributed by atoms with van der Waals surface area (Å²) in [6.45, 7) is 1.96. The third-order valence-electron chi connectivity index (χ3n) is 4.54. The topological polar surface area (TPSA) is 37.3 Å². The molecular weight excluding hydrogens is 341 g/mol. The van der Waals surface area contributed by atoms with E-state index >= 15 is 0 Å². The summed E-state index contributed by atoms with van der Waals surface area (Å²) in [7, 11) is 0. The lowest BCUT2D eigenvalue weighted by molar-refractivity contribution is 0.443. The van der Waals surface area contributed by atoms with Crippen molar-refractivity contribution in [1.29, 1.82) is 0 Å². The first kappa shape index (κ1) is 17.2. The Morgan fingerprint density at radius 3 is 2.50 bits per heavy atom. The lowest BCUT2D eigenvalue weighted by Gasteiger charge is -2.22. The van der Waals surface area contributed by atoms with Crippen LogP contribution in [-0.4, -0.2) is 10.7 Å². The van der Waals surface area contributed by atoms with Crippen LogP contribution >= 0.6 is 23.2 Å². The molecule has 1 aromatic carbocycles. The van der Waals surface area contributed by atoms with Gasteiger partial charge in [-0.15, -0.1) is 0 Å². The van der Waals surface area contributed by atoms with E-state index in [-0.39, 0.29) is 0 Å². The van der Waals surface area contributed by atoms with Crippen LogP contribution in [0.2, 0.25) is 10.0 Å². The molecule has 5 heteroatoms. The van der Waals surface area contributed by atoms with Gasteiger partial charge in [-0.05, 0) is 42.9 Å². The van der Waals surface area contributed by atoms with Gasteiger partial charge in [0.1, 0.15) is 0 Å². The van der Waals surface area contributed by atoms with Gasteiger partial charge in [-0.3, -0.25) is 5.43 Å². The highest BCUT2D eigenvalue weighted by Crippen LogP contribution is 2.32. The maximum Gasteiger partial charge on any atom is 0.165 e. The minimum Gasteiger partial charge on any atom is -0.260 e. The van der Waals surface area contributed by atoms with Gasteiger partial charge in [-0.1, -0.05) is 66.7 Å². The first-order chi connectivity index (χ1) is 11.6. The number of benzene rings is 1. The highest BCUT2D eigenvalue weighted by molar-refractivity contribution is 6.35. The maximum absolute atomic E-state index is 6.09. The molecule has 3 nitrogen and oxygen atoms in total. The Morgan fingerprint density at radius 2 is 1.83 bits per heavy atom. The minimum absolute atomic E-state index is 0.451. The summed E-state index contributed by atoms with van der Waals surface area (Å²) in [5.74, 6) is 1.22. The van der Waals surface area contributed by atoms with Crippen molar-refractivity contribution in [3.05, 3.63) is 57.7 Å². The predicted octanol–water partition coefficient (Wildman–Crippen LogP) is 6.27. The SMILES string of the molecule is C/C(=N/Nc1ncc(Cl)cc1Cl)c1ccc(C2CCCCC2)cc1. The van der Waals surface area contributed by atoms with E-state index in [0.29, 0.717) is 15.9 Å². The average Bonchev–Trinajstić information content (AvgIpc) is 2.62. The molecule has 0 spiro atoms. The first-order valence-corrected chi connectivity index (χ1v) is 9.11.